The lowest BCUT2D eigenvalue weighted by Crippen LogP contribution is -2.44. The first kappa shape index (κ1) is 17.6. The standard InChI is InChI=1S/C18H20N2O4/c1-13(11-15-9-5-6-10-17(15)20(23)24)19-16(18(21)22)12-14-7-3-2-4-8-14/h2-10,13,16,19H,11-12H2,1H3,(H,21,22)/t13?,16-/m1/s1. The van der Waals surface area contributed by atoms with Crippen LogP contribution in [0.2, 0.25) is 0 Å². The second-order valence-corrected chi connectivity index (χ2v) is 5.74. The summed E-state index contributed by atoms with van der Waals surface area (Å²) in [5.41, 5.74) is 1.57. The summed E-state index contributed by atoms with van der Waals surface area (Å²) in [6, 6.07) is 14.9. The van der Waals surface area contributed by atoms with E-state index >= 15 is 0 Å². The van der Waals surface area contributed by atoms with Gasteiger partial charge in [0.15, 0.2) is 0 Å². The van der Waals surface area contributed by atoms with E-state index in [4.69, 9.17) is 0 Å². The van der Waals surface area contributed by atoms with Crippen LogP contribution in [0.4, 0.5) is 5.69 Å². The Kier molecular flexibility index (Phi) is 6.03. The molecule has 2 atom stereocenters. The van der Waals surface area contributed by atoms with Gasteiger partial charge in [-0.15, -0.1) is 0 Å². The van der Waals surface area contributed by atoms with Crippen LogP contribution in [0.1, 0.15) is 18.1 Å². The van der Waals surface area contributed by atoms with Gasteiger partial charge in [0.25, 0.3) is 5.69 Å². The number of benzene rings is 2. The quantitative estimate of drug-likeness (QED) is 0.574. The molecule has 126 valence electrons. The number of hydrogen-bond donors (Lipinski definition) is 2. The summed E-state index contributed by atoms with van der Waals surface area (Å²) < 4.78 is 0. The highest BCUT2D eigenvalue weighted by Gasteiger charge is 2.22. The third-order valence-corrected chi connectivity index (χ3v) is 3.78. The maximum atomic E-state index is 11.5. The Bertz CT molecular complexity index is 703. The van der Waals surface area contributed by atoms with Crippen LogP contribution in [0.25, 0.3) is 0 Å². The van der Waals surface area contributed by atoms with Crippen LogP contribution >= 0.6 is 0 Å². The Morgan fingerprint density at radius 2 is 1.75 bits per heavy atom. The van der Waals surface area contributed by atoms with Crippen molar-refractivity contribution >= 4 is 11.7 Å². The zero-order valence-corrected chi connectivity index (χ0v) is 13.4. The summed E-state index contributed by atoms with van der Waals surface area (Å²) in [6.07, 6.45) is 0.743. The van der Waals surface area contributed by atoms with Crippen LogP contribution < -0.4 is 5.32 Å². The first-order valence-corrected chi connectivity index (χ1v) is 7.72. The van der Waals surface area contributed by atoms with Crippen molar-refractivity contribution in [2.45, 2.75) is 31.8 Å². The number of rotatable bonds is 8. The van der Waals surface area contributed by atoms with E-state index in [2.05, 4.69) is 5.32 Å². The molecule has 0 radical (unpaired) electrons. The molecule has 0 bridgehead atoms. The van der Waals surface area contributed by atoms with Crippen molar-refractivity contribution in [1.29, 1.82) is 0 Å². The summed E-state index contributed by atoms with van der Waals surface area (Å²) in [7, 11) is 0. The molecule has 1 unspecified atom stereocenters. The topological polar surface area (TPSA) is 92.5 Å². The highest BCUT2D eigenvalue weighted by Crippen LogP contribution is 2.19. The number of para-hydroxylation sites is 1. The molecule has 2 rings (SSSR count). The molecule has 0 aliphatic heterocycles. The Morgan fingerprint density at radius 1 is 1.12 bits per heavy atom. The van der Waals surface area contributed by atoms with Crippen LogP contribution in [-0.2, 0) is 17.6 Å². The average Bonchev–Trinajstić information content (AvgIpc) is 2.55. The first-order valence-electron chi connectivity index (χ1n) is 7.72. The molecule has 0 heterocycles. The van der Waals surface area contributed by atoms with E-state index in [9.17, 15) is 20.0 Å². The van der Waals surface area contributed by atoms with Crippen LogP contribution in [0.15, 0.2) is 54.6 Å². The molecule has 0 aliphatic rings. The Hall–Kier alpha value is -2.73. The Morgan fingerprint density at radius 3 is 2.38 bits per heavy atom. The number of hydrogen-bond acceptors (Lipinski definition) is 4. The highest BCUT2D eigenvalue weighted by atomic mass is 16.6. The maximum absolute atomic E-state index is 11.5. The predicted molar refractivity (Wildman–Crippen MR) is 91.0 cm³/mol. The summed E-state index contributed by atoms with van der Waals surface area (Å²) in [4.78, 5) is 22.1. The number of carboxylic acids is 1. The zero-order chi connectivity index (χ0) is 17.5. The van der Waals surface area contributed by atoms with E-state index in [-0.39, 0.29) is 11.7 Å². The second-order valence-electron chi connectivity index (χ2n) is 5.74. The van der Waals surface area contributed by atoms with Crippen molar-refractivity contribution in [1.82, 2.24) is 5.32 Å². The maximum Gasteiger partial charge on any atom is 0.321 e. The minimum atomic E-state index is -0.937. The molecule has 0 amide bonds. The third-order valence-electron chi connectivity index (χ3n) is 3.78. The number of nitrogens with zero attached hydrogens (tertiary/aromatic N) is 1. The minimum Gasteiger partial charge on any atom is -0.480 e. The smallest absolute Gasteiger partial charge is 0.321 e. The van der Waals surface area contributed by atoms with E-state index in [1.165, 1.54) is 6.07 Å². The van der Waals surface area contributed by atoms with Gasteiger partial charge in [-0.25, -0.2) is 0 Å². The van der Waals surface area contributed by atoms with Gasteiger partial charge in [0, 0.05) is 17.7 Å². The van der Waals surface area contributed by atoms with Gasteiger partial charge in [0.2, 0.25) is 0 Å². The summed E-state index contributed by atoms with van der Waals surface area (Å²) in [5, 5.41) is 23.5. The predicted octanol–water partition coefficient (Wildman–Crippen LogP) is 2.81. The first-order chi connectivity index (χ1) is 11.5. The lowest BCUT2D eigenvalue weighted by molar-refractivity contribution is -0.385. The molecule has 2 N–H and O–H groups in total. The van der Waals surface area contributed by atoms with Crippen LogP contribution in [0, 0.1) is 10.1 Å². The normalized spacial score (nSPS) is 13.2. The molecular weight excluding hydrogens is 308 g/mol. The molecule has 0 saturated heterocycles. The van der Waals surface area contributed by atoms with Gasteiger partial charge in [0.05, 0.1) is 4.92 Å². The highest BCUT2D eigenvalue weighted by molar-refractivity contribution is 5.74. The van der Waals surface area contributed by atoms with Gasteiger partial charge >= 0.3 is 5.97 Å². The molecule has 6 nitrogen and oxygen atoms in total. The largest absolute Gasteiger partial charge is 0.480 e. The van der Waals surface area contributed by atoms with E-state index in [0.717, 1.165) is 5.56 Å². The van der Waals surface area contributed by atoms with Crippen molar-refractivity contribution in [2.75, 3.05) is 0 Å². The Balaban J connectivity index is 2.05. The van der Waals surface area contributed by atoms with Crippen molar-refractivity contribution < 1.29 is 14.8 Å². The number of carbonyl (C=O) groups is 1. The van der Waals surface area contributed by atoms with Gasteiger partial charge in [0.1, 0.15) is 6.04 Å². The summed E-state index contributed by atoms with van der Waals surface area (Å²) in [6.45, 7) is 1.83. The van der Waals surface area contributed by atoms with Crippen molar-refractivity contribution in [3.8, 4) is 0 Å². The van der Waals surface area contributed by atoms with Crippen molar-refractivity contribution in [2.24, 2.45) is 0 Å². The number of aliphatic carboxylic acids is 1. The second kappa shape index (κ2) is 8.21. The van der Waals surface area contributed by atoms with E-state index < -0.39 is 16.9 Å². The minimum absolute atomic E-state index is 0.0566. The summed E-state index contributed by atoms with van der Waals surface area (Å²) in [5.74, 6) is -0.937. The fourth-order valence-electron chi connectivity index (χ4n) is 2.66. The third kappa shape index (κ3) is 4.89. The fourth-order valence-corrected chi connectivity index (χ4v) is 2.66. The molecule has 0 aliphatic carbocycles. The number of nitro benzene ring substituents is 1. The molecule has 0 fully saturated rings. The molecule has 0 saturated carbocycles. The molecule has 0 aromatic heterocycles. The van der Waals surface area contributed by atoms with E-state index in [0.29, 0.717) is 18.4 Å². The van der Waals surface area contributed by atoms with Gasteiger partial charge in [-0.3, -0.25) is 14.9 Å². The van der Waals surface area contributed by atoms with Gasteiger partial charge in [-0.1, -0.05) is 48.5 Å². The fraction of sp³-hybridized carbons (Fsp3) is 0.278. The molecule has 0 spiro atoms. The summed E-state index contributed by atoms with van der Waals surface area (Å²) >= 11 is 0. The lowest BCUT2D eigenvalue weighted by atomic mass is 10.0. The van der Waals surface area contributed by atoms with Crippen molar-refractivity contribution in [3.63, 3.8) is 0 Å². The number of carboxylic acid groups (broad SMARTS) is 1. The Labute approximate surface area is 140 Å². The zero-order valence-electron chi connectivity index (χ0n) is 13.4. The monoisotopic (exact) mass is 328 g/mol. The van der Waals surface area contributed by atoms with Gasteiger partial charge in [-0.2, -0.15) is 0 Å². The van der Waals surface area contributed by atoms with Crippen LogP contribution in [0.5, 0.6) is 0 Å². The molecule has 2 aromatic rings. The van der Waals surface area contributed by atoms with Crippen LogP contribution in [-0.4, -0.2) is 28.1 Å². The molecule has 24 heavy (non-hydrogen) atoms. The van der Waals surface area contributed by atoms with E-state index in [1.54, 1.807) is 18.2 Å². The number of nitrogens with one attached hydrogen (secondary N) is 1. The van der Waals surface area contributed by atoms with Crippen molar-refractivity contribution in [3.05, 3.63) is 75.8 Å². The molecular formula is C18H20N2O4. The van der Waals surface area contributed by atoms with Gasteiger partial charge in [-0.05, 0) is 25.3 Å². The average molecular weight is 328 g/mol. The molecule has 6 heteroatoms. The SMILES string of the molecule is CC(Cc1ccccc1[N+](=O)[O-])N[C@H](Cc1ccccc1)C(=O)O. The lowest BCUT2D eigenvalue weighted by Gasteiger charge is -2.20. The van der Waals surface area contributed by atoms with Gasteiger partial charge < -0.3 is 10.4 Å². The van der Waals surface area contributed by atoms with Crippen LogP contribution in [0.3, 0.4) is 0 Å². The van der Waals surface area contributed by atoms with E-state index in [1.807, 2.05) is 37.3 Å². The molecule has 2 aromatic carbocycles. The number of nitro groups is 1.